The Morgan fingerprint density at radius 1 is 1.45 bits per heavy atom. The molecule has 0 saturated carbocycles. The van der Waals surface area contributed by atoms with Gasteiger partial charge in [0.05, 0.1) is 0 Å². The first-order valence-corrected chi connectivity index (χ1v) is 8.62. The molecule has 2 atom stereocenters. The Labute approximate surface area is 125 Å². The van der Waals surface area contributed by atoms with Crippen LogP contribution in [0.25, 0.3) is 0 Å². The van der Waals surface area contributed by atoms with Crippen molar-refractivity contribution in [2.75, 3.05) is 23.0 Å². The third kappa shape index (κ3) is 2.86. The highest BCUT2D eigenvalue weighted by Gasteiger charge is 2.29. The summed E-state index contributed by atoms with van der Waals surface area (Å²) in [6, 6.07) is 8.99. The Morgan fingerprint density at radius 3 is 3.10 bits per heavy atom. The molecule has 2 heterocycles. The van der Waals surface area contributed by atoms with Crippen molar-refractivity contribution in [1.29, 1.82) is 0 Å². The summed E-state index contributed by atoms with van der Waals surface area (Å²) in [5.41, 5.74) is 2.43. The molecule has 108 valence electrons. The zero-order chi connectivity index (χ0) is 13.9. The molecule has 2 aliphatic heterocycles. The van der Waals surface area contributed by atoms with Gasteiger partial charge in [-0.15, -0.1) is 0 Å². The van der Waals surface area contributed by atoms with E-state index in [1.165, 1.54) is 5.56 Å². The summed E-state index contributed by atoms with van der Waals surface area (Å²) < 4.78 is 0. The molecule has 3 nitrogen and oxygen atoms in total. The fourth-order valence-electron chi connectivity index (χ4n) is 3.13. The van der Waals surface area contributed by atoms with Crippen LogP contribution in [0.1, 0.15) is 25.3 Å². The van der Waals surface area contributed by atoms with Gasteiger partial charge in [-0.3, -0.25) is 4.79 Å². The number of aryl methyl sites for hydroxylation is 1. The molecule has 2 aliphatic rings. The van der Waals surface area contributed by atoms with E-state index in [0.717, 1.165) is 36.6 Å². The molecular weight excluding hydrogens is 268 g/mol. The first-order chi connectivity index (χ1) is 9.75. The van der Waals surface area contributed by atoms with Gasteiger partial charge in [0.2, 0.25) is 5.91 Å². The minimum absolute atomic E-state index is 0.268. The van der Waals surface area contributed by atoms with Gasteiger partial charge in [-0.05, 0) is 31.4 Å². The zero-order valence-electron chi connectivity index (χ0n) is 12.0. The summed E-state index contributed by atoms with van der Waals surface area (Å²) in [5, 5.41) is 3.46. The molecule has 4 heteroatoms. The van der Waals surface area contributed by atoms with Crippen LogP contribution in [0.3, 0.4) is 0 Å². The van der Waals surface area contributed by atoms with Gasteiger partial charge >= 0.3 is 0 Å². The number of benzene rings is 1. The Hall–Kier alpha value is -1.000. The Balaban J connectivity index is 1.76. The Bertz CT molecular complexity index is 485. The van der Waals surface area contributed by atoms with Crippen LogP contribution in [-0.4, -0.2) is 36.0 Å². The van der Waals surface area contributed by atoms with Crippen molar-refractivity contribution in [2.45, 2.75) is 38.3 Å². The van der Waals surface area contributed by atoms with Gasteiger partial charge in [-0.25, -0.2) is 0 Å². The van der Waals surface area contributed by atoms with Crippen LogP contribution in [0.2, 0.25) is 0 Å². The number of hydrogen-bond acceptors (Lipinski definition) is 3. The van der Waals surface area contributed by atoms with Crippen LogP contribution in [-0.2, 0) is 11.2 Å². The number of carbonyl (C=O) groups is 1. The molecule has 20 heavy (non-hydrogen) atoms. The molecule has 1 aromatic rings. The van der Waals surface area contributed by atoms with Crippen molar-refractivity contribution in [3.05, 3.63) is 29.8 Å². The summed E-state index contributed by atoms with van der Waals surface area (Å²) in [6.45, 7) is 3.19. The third-order valence-electron chi connectivity index (χ3n) is 4.21. The van der Waals surface area contributed by atoms with Gasteiger partial charge in [0.1, 0.15) is 0 Å². The Morgan fingerprint density at radius 2 is 2.30 bits per heavy atom. The van der Waals surface area contributed by atoms with Gasteiger partial charge in [0.15, 0.2) is 0 Å². The van der Waals surface area contributed by atoms with E-state index >= 15 is 0 Å². The number of anilines is 1. The summed E-state index contributed by atoms with van der Waals surface area (Å²) in [5.74, 6) is 2.48. The molecule has 3 rings (SSSR count). The van der Waals surface area contributed by atoms with E-state index < -0.39 is 0 Å². The van der Waals surface area contributed by atoms with Crippen LogP contribution in [0.4, 0.5) is 5.69 Å². The van der Waals surface area contributed by atoms with E-state index in [9.17, 15) is 4.79 Å². The molecule has 0 aromatic heterocycles. The number of hydrogen-bond donors (Lipinski definition) is 1. The maximum atomic E-state index is 12.7. The van der Waals surface area contributed by atoms with Crippen molar-refractivity contribution in [2.24, 2.45) is 0 Å². The number of thioether (sulfide) groups is 1. The number of fused-ring (bicyclic) bond motifs is 1. The molecule has 1 aromatic carbocycles. The zero-order valence-corrected chi connectivity index (χ0v) is 12.8. The normalized spacial score (nSPS) is 26.1. The van der Waals surface area contributed by atoms with Gasteiger partial charge < -0.3 is 10.2 Å². The molecule has 1 N–H and O–H groups in total. The van der Waals surface area contributed by atoms with E-state index in [1.54, 1.807) is 0 Å². The molecule has 0 spiro atoms. The van der Waals surface area contributed by atoms with E-state index in [-0.39, 0.29) is 5.91 Å². The van der Waals surface area contributed by atoms with E-state index in [1.807, 2.05) is 22.7 Å². The van der Waals surface area contributed by atoms with Crippen molar-refractivity contribution in [3.63, 3.8) is 0 Å². The standard InChI is InChI=1S/C16H22N2OS/c1-12-6-7-13-4-2-3-5-15(13)18(12)16(19)10-14-11-20-9-8-17-14/h2-5,12,14,17H,6-11H2,1H3. The van der Waals surface area contributed by atoms with Gasteiger partial charge in [-0.2, -0.15) is 11.8 Å². The lowest BCUT2D eigenvalue weighted by atomic mass is 9.96. The predicted octanol–water partition coefficient (Wildman–Crippen LogP) is 2.45. The number of amides is 1. The van der Waals surface area contributed by atoms with Crippen LogP contribution in [0.15, 0.2) is 24.3 Å². The second-order valence-electron chi connectivity index (χ2n) is 5.71. The maximum absolute atomic E-state index is 12.7. The predicted molar refractivity (Wildman–Crippen MR) is 85.4 cm³/mol. The molecule has 2 unspecified atom stereocenters. The molecule has 0 bridgehead atoms. The van der Waals surface area contributed by atoms with Crippen LogP contribution in [0.5, 0.6) is 0 Å². The van der Waals surface area contributed by atoms with E-state index in [2.05, 4.69) is 30.4 Å². The largest absolute Gasteiger partial charge is 0.312 e. The van der Waals surface area contributed by atoms with Crippen LogP contribution >= 0.6 is 11.8 Å². The number of nitrogens with one attached hydrogen (secondary N) is 1. The van der Waals surface area contributed by atoms with Crippen LogP contribution < -0.4 is 10.2 Å². The molecule has 1 saturated heterocycles. The minimum Gasteiger partial charge on any atom is -0.312 e. The minimum atomic E-state index is 0.268. The average Bonchev–Trinajstić information content (AvgIpc) is 2.48. The second kappa shape index (κ2) is 6.19. The first kappa shape index (κ1) is 14.0. The van der Waals surface area contributed by atoms with Crippen molar-refractivity contribution < 1.29 is 4.79 Å². The van der Waals surface area contributed by atoms with Gasteiger partial charge in [-0.1, -0.05) is 18.2 Å². The first-order valence-electron chi connectivity index (χ1n) is 7.47. The van der Waals surface area contributed by atoms with Gasteiger partial charge in [0, 0.05) is 42.2 Å². The van der Waals surface area contributed by atoms with E-state index in [4.69, 9.17) is 0 Å². The Kier molecular flexibility index (Phi) is 4.32. The number of nitrogens with zero attached hydrogens (tertiary/aromatic N) is 1. The van der Waals surface area contributed by atoms with Crippen molar-refractivity contribution in [3.8, 4) is 0 Å². The summed E-state index contributed by atoms with van der Waals surface area (Å²) >= 11 is 1.94. The fourth-order valence-corrected chi connectivity index (χ4v) is 4.08. The highest BCUT2D eigenvalue weighted by Crippen LogP contribution is 2.31. The SMILES string of the molecule is CC1CCc2ccccc2N1C(=O)CC1CSCCN1. The fraction of sp³-hybridized carbons (Fsp3) is 0.562. The lowest BCUT2D eigenvalue weighted by Crippen LogP contribution is -2.47. The highest BCUT2D eigenvalue weighted by atomic mass is 32.2. The monoisotopic (exact) mass is 290 g/mol. The van der Waals surface area contributed by atoms with Crippen LogP contribution in [0, 0.1) is 0 Å². The van der Waals surface area contributed by atoms with Crippen molar-refractivity contribution in [1.82, 2.24) is 5.32 Å². The second-order valence-corrected chi connectivity index (χ2v) is 6.86. The number of carbonyl (C=O) groups excluding carboxylic acids is 1. The quantitative estimate of drug-likeness (QED) is 0.908. The lowest BCUT2D eigenvalue weighted by molar-refractivity contribution is -0.119. The topological polar surface area (TPSA) is 32.3 Å². The van der Waals surface area contributed by atoms with Gasteiger partial charge in [0.25, 0.3) is 0 Å². The summed E-state index contributed by atoms with van der Waals surface area (Å²) in [4.78, 5) is 14.7. The summed E-state index contributed by atoms with van der Waals surface area (Å²) in [7, 11) is 0. The molecule has 1 fully saturated rings. The third-order valence-corrected chi connectivity index (χ3v) is 5.34. The molecule has 1 amide bonds. The molecular formula is C16H22N2OS. The number of rotatable bonds is 2. The smallest absolute Gasteiger partial charge is 0.228 e. The number of para-hydroxylation sites is 1. The van der Waals surface area contributed by atoms with Crippen molar-refractivity contribution >= 4 is 23.4 Å². The maximum Gasteiger partial charge on any atom is 0.228 e. The lowest BCUT2D eigenvalue weighted by Gasteiger charge is -2.36. The molecule has 0 radical (unpaired) electrons. The summed E-state index contributed by atoms with van der Waals surface area (Å²) in [6.07, 6.45) is 2.76. The molecule has 0 aliphatic carbocycles. The highest BCUT2D eigenvalue weighted by molar-refractivity contribution is 7.99. The average molecular weight is 290 g/mol. The van der Waals surface area contributed by atoms with E-state index in [0.29, 0.717) is 18.5 Å².